The van der Waals surface area contributed by atoms with Crippen LogP contribution in [-0.2, 0) is 9.84 Å². The molecule has 1 N–H and O–H groups in total. The molecule has 0 radical (unpaired) electrons. The van der Waals surface area contributed by atoms with Crippen molar-refractivity contribution in [2.24, 2.45) is 5.92 Å². The molecule has 9 heteroatoms. The van der Waals surface area contributed by atoms with Gasteiger partial charge in [-0.3, -0.25) is 9.88 Å². The Kier molecular flexibility index (Phi) is 6.04. The van der Waals surface area contributed by atoms with Crippen molar-refractivity contribution in [1.82, 2.24) is 14.9 Å². The maximum atomic E-state index is 14.7. The number of aromatic nitrogens is 2. The zero-order chi connectivity index (χ0) is 21.3. The van der Waals surface area contributed by atoms with Crippen LogP contribution in [0.3, 0.4) is 0 Å². The molecule has 2 aliphatic heterocycles. The van der Waals surface area contributed by atoms with Crippen LogP contribution in [0.4, 0.5) is 10.2 Å². The number of hydrogen-bond donors (Lipinski definition) is 1. The van der Waals surface area contributed by atoms with E-state index < -0.39 is 16.1 Å². The quantitative estimate of drug-likeness (QED) is 0.787. The highest BCUT2D eigenvalue weighted by atomic mass is 32.2. The van der Waals surface area contributed by atoms with E-state index in [-0.39, 0.29) is 29.3 Å². The Morgan fingerprint density at radius 2 is 1.87 bits per heavy atom. The fraction of sp³-hybridized carbons (Fsp3) is 0.524. The molecule has 1 aromatic carbocycles. The van der Waals surface area contributed by atoms with Crippen molar-refractivity contribution in [2.75, 3.05) is 36.0 Å². The first-order valence-electron chi connectivity index (χ1n) is 10.3. The Bertz CT molecular complexity index is 972. The van der Waals surface area contributed by atoms with Gasteiger partial charge in [-0.15, -0.1) is 0 Å². The van der Waals surface area contributed by atoms with Crippen LogP contribution in [0, 0.1) is 18.7 Å². The Morgan fingerprint density at radius 3 is 2.53 bits per heavy atom. The molecule has 2 unspecified atom stereocenters. The second-order valence-electron chi connectivity index (χ2n) is 8.14. The molecule has 2 aromatic rings. The predicted octanol–water partition coefficient (Wildman–Crippen LogP) is 1.93. The van der Waals surface area contributed by atoms with Gasteiger partial charge in [0.25, 0.3) is 0 Å². The molecule has 7 nitrogen and oxygen atoms in total. The first-order valence-corrected chi connectivity index (χ1v) is 12.1. The van der Waals surface area contributed by atoms with E-state index in [2.05, 4.69) is 14.9 Å². The van der Waals surface area contributed by atoms with Gasteiger partial charge in [0.1, 0.15) is 27.7 Å². The summed E-state index contributed by atoms with van der Waals surface area (Å²) in [6.45, 7) is 3.46. The summed E-state index contributed by atoms with van der Waals surface area (Å²) >= 11 is 0. The lowest BCUT2D eigenvalue weighted by molar-refractivity contribution is -0.0719. The van der Waals surface area contributed by atoms with Crippen LogP contribution in [0.15, 0.2) is 36.7 Å². The number of anilines is 1. The van der Waals surface area contributed by atoms with Crippen molar-refractivity contribution < 1.29 is 17.9 Å². The Hall–Kier alpha value is -2.10. The van der Waals surface area contributed by atoms with Gasteiger partial charge in [-0.1, -0.05) is 18.2 Å². The van der Waals surface area contributed by atoms with E-state index in [1.165, 1.54) is 6.07 Å². The van der Waals surface area contributed by atoms with Crippen molar-refractivity contribution in [3.05, 3.63) is 53.7 Å². The van der Waals surface area contributed by atoms with Crippen LogP contribution >= 0.6 is 0 Å². The second kappa shape index (κ2) is 8.56. The fourth-order valence-corrected chi connectivity index (χ4v) is 5.90. The molecule has 2 aliphatic rings. The first kappa shape index (κ1) is 21.1. The predicted molar refractivity (Wildman–Crippen MR) is 112 cm³/mol. The van der Waals surface area contributed by atoms with Crippen molar-refractivity contribution in [1.29, 1.82) is 0 Å². The van der Waals surface area contributed by atoms with E-state index in [4.69, 9.17) is 0 Å². The largest absolute Gasteiger partial charge is 0.378 e. The Balaban J connectivity index is 1.59. The number of aryl methyl sites for hydroxylation is 1. The number of halogens is 1. The second-order valence-corrected chi connectivity index (χ2v) is 10.4. The van der Waals surface area contributed by atoms with Crippen LogP contribution in [0.25, 0.3) is 0 Å². The van der Waals surface area contributed by atoms with Crippen LogP contribution in [0.2, 0.25) is 0 Å². The summed E-state index contributed by atoms with van der Waals surface area (Å²) in [7, 11) is -3.01. The molecule has 162 valence electrons. The highest BCUT2D eigenvalue weighted by Gasteiger charge is 2.39. The number of aliphatic hydroxyl groups is 1. The molecule has 2 saturated heterocycles. The number of benzene rings is 1. The summed E-state index contributed by atoms with van der Waals surface area (Å²) in [5, 5.41) is 11.1. The minimum atomic E-state index is -3.01. The molecule has 2 fully saturated rings. The van der Waals surface area contributed by atoms with Crippen LogP contribution in [0.5, 0.6) is 0 Å². The van der Waals surface area contributed by atoms with Gasteiger partial charge in [0.15, 0.2) is 0 Å². The molecular formula is C21H27FN4O3S. The minimum Gasteiger partial charge on any atom is -0.378 e. The number of rotatable bonds is 4. The lowest BCUT2D eigenvalue weighted by atomic mass is 9.95. The summed E-state index contributed by atoms with van der Waals surface area (Å²) in [4.78, 5) is 12.7. The average molecular weight is 435 g/mol. The van der Waals surface area contributed by atoms with Gasteiger partial charge < -0.3 is 10.0 Å². The normalized spacial score (nSPS) is 24.0. The highest BCUT2D eigenvalue weighted by Crippen LogP contribution is 2.34. The third-order valence-electron chi connectivity index (χ3n) is 6.14. The van der Waals surface area contributed by atoms with Gasteiger partial charge in [-0.05, 0) is 25.8 Å². The Morgan fingerprint density at radius 1 is 1.13 bits per heavy atom. The lowest BCUT2D eigenvalue weighted by Gasteiger charge is -2.46. The third-order valence-corrected chi connectivity index (χ3v) is 7.85. The molecule has 0 aliphatic carbocycles. The first-order chi connectivity index (χ1) is 14.3. The van der Waals surface area contributed by atoms with Crippen molar-refractivity contribution in [3.8, 4) is 0 Å². The fourth-order valence-electron chi connectivity index (χ4n) is 4.37. The number of hydrogen-bond acceptors (Lipinski definition) is 7. The van der Waals surface area contributed by atoms with Crippen molar-refractivity contribution in [3.63, 3.8) is 0 Å². The molecule has 30 heavy (non-hydrogen) atoms. The van der Waals surface area contributed by atoms with E-state index in [0.29, 0.717) is 38.0 Å². The maximum Gasteiger partial charge on any atom is 0.150 e. The molecule has 0 bridgehead atoms. The third kappa shape index (κ3) is 4.48. The van der Waals surface area contributed by atoms with E-state index in [1.54, 1.807) is 30.6 Å². The number of nitrogens with zero attached hydrogens (tertiary/aromatic N) is 4. The van der Waals surface area contributed by atoms with Crippen LogP contribution in [-0.4, -0.2) is 65.8 Å². The van der Waals surface area contributed by atoms with Crippen molar-refractivity contribution >= 4 is 15.7 Å². The maximum absolute atomic E-state index is 14.7. The Labute approximate surface area is 176 Å². The molecule has 0 saturated carbocycles. The summed E-state index contributed by atoms with van der Waals surface area (Å²) in [6, 6.07) is 6.24. The topological polar surface area (TPSA) is 86.6 Å². The zero-order valence-electron chi connectivity index (χ0n) is 17.0. The van der Waals surface area contributed by atoms with Gasteiger partial charge in [-0.2, -0.15) is 0 Å². The van der Waals surface area contributed by atoms with Crippen LogP contribution < -0.4 is 4.90 Å². The number of piperazine rings is 1. The van der Waals surface area contributed by atoms with Crippen molar-refractivity contribution in [2.45, 2.75) is 32.0 Å². The molecule has 3 heterocycles. The van der Waals surface area contributed by atoms with Gasteiger partial charge in [0.2, 0.25) is 0 Å². The smallest absolute Gasteiger partial charge is 0.150 e. The molecule has 0 spiro atoms. The summed E-state index contributed by atoms with van der Waals surface area (Å²) in [5.74, 6) is 0.451. The van der Waals surface area contributed by atoms with Crippen LogP contribution in [0.1, 0.15) is 30.1 Å². The summed E-state index contributed by atoms with van der Waals surface area (Å²) in [6.07, 6.45) is 3.45. The molecule has 1 aromatic heterocycles. The van der Waals surface area contributed by atoms with E-state index in [0.717, 1.165) is 11.5 Å². The standard InChI is InChI=1S/C21H27FN4O3S/c1-15-12-24-20(13-23-15)25-8-9-26(19(14-25)17-4-2-3-5-18(17)22)21(27)16-6-10-30(28,29)11-7-16/h2-5,12-13,16,19,21,27H,6-11,14H2,1H3. The number of aliphatic hydroxyl groups excluding tert-OH is 1. The summed E-state index contributed by atoms with van der Waals surface area (Å²) in [5.41, 5.74) is 1.34. The van der Waals surface area contributed by atoms with Gasteiger partial charge in [0.05, 0.1) is 35.6 Å². The molecule has 0 amide bonds. The lowest BCUT2D eigenvalue weighted by Crippen LogP contribution is -2.55. The molecule has 4 rings (SSSR count). The monoisotopic (exact) mass is 434 g/mol. The van der Waals surface area contributed by atoms with E-state index in [1.807, 2.05) is 11.8 Å². The van der Waals surface area contributed by atoms with Gasteiger partial charge >= 0.3 is 0 Å². The highest BCUT2D eigenvalue weighted by molar-refractivity contribution is 7.91. The average Bonchev–Trinajstić information content (AvgIpc) is 2.74. The van der Waals surface area contributed by atoms with E-state index >= 15 is 0 Å². The minimum absolute atomic E-state index is 0.0953. The SMILES string of the molecule is Cc1cnc(N2CCN(C(O)C3CCS(=O)(=O)CC3)C(c3ccccc3F)C2)cn1. The molecule has 2 atom stereocenters. The summed E-state index contributed by atoms with van der Waals surface area (Å²) < 4.78 is 38.3. The van der Waals surface area contributed by atoms with Gasteiger partial charge in [0, 0.05) is 31.1 Å². The zero-order valence-corrected chi connectivity index (χ0v) is 17.8. The number of sulfone groups is 1. The van der Waals surface area contributed by atoms with E-state index in [9.17, 15) is 17.9 Å². The molecular weight excluding hydrogens is 407 g/mol. The van der Waals surface area contributed by atoms with Gasteiger partial charge in [-0.25, -0.2) is 17.8 Å².